The number of aromatic nitrogens is 2. The van der Waals surface area contributed by atoms with Gasteiger partial charge >= 0.3 is 0 Å². The molecule has 0 fully saturated rings. The normalized spacial score (nSPS) is 13.2. The molecule has 0 aliphatic heterocycles. The van der Waals surface area contributed by atoms with Crippen molar-refractivity contribution in [2.75, 3.05) is 0 Å². The first kappa shape index (κ1) is 12.0. The molecule has 0 bridgehead atoms. The van der Waals surface area contributed by atoms with Crippen molar-refractivity contribution in [2.45, 2.75) is 39.3 Å². The quantitative estimate of drug-likeness (QED) is 0.885. The number of hydrogen-bond acceptors (Lipinski definition) is 2. The first-order chi connectivity index (χ1) is 8.17. The third kappa shape index (κ3) is 2.17. The Labute approximate surface area is 100 Å². The van der Waals surface area contributed by atoms with Gasteiger partial charge in [0.25, 0.3) is 0 Å². The highest BCUT2D eigenvalue weighted by molar-refractivity contribution is 5.76. The second-order valence-corrected chi connectivity index (χ2v) is 4.27. The van der Waals surface area contributed by atoms with Crippen LogP contribution in [0.15, 0.2) is 18.2 Å². The SMILES string of the molecule is CCCn1c(C(N)CC)nc2cc(F)ccc21. The molecule has 0 amide bonds. The van der Waals surface area contributed by atoms with E-state index in [1.807, 2.05) is 6.92 Å². The molecule has 0 radical (unpaired) electrons. The summed E-state index contributed by atoms with van der Waals surface area (Å²) in [5.41, 5.74) is 7.71. The molecule has 1 aromatic carbocycles. The Bertz CT molecular complexity index is 519. The van der Waals surface area contributed by atoms with E-state index in [0.29, 0.717) is 5.52 Å². The fraction of sp³-hybridized carbons (Fsp3) is 0.462. The second kappa shape index (κ2) is 4.84. The maximum atomic E-state index is 13.2. The van der Waals surface area contributed by atoms with Crippen molar-refractivity contribution in [3.63, 3.8) is 0 Å². The van der Waals surface area contributed by atoms with Gasteiger partial charge in [-0.3, -0.25) is 0 Å². The topological polar surface area (TPSA) is 43.8 Å². The summed E-state index contributed by atoms with van der Waals surface area (Å²) >= 11 is 0. The fourth-order valence-electron chi connectivity index (χ4n) is 2.05. The Kier molecular flexibility index (Phi) is 3.43. The summed E-state index contributed by atoms with van der Waals surface area (Å²) in [4.78, 5) is 4.46. The molecule has 17 heavy (non-hydrogen) atoms. The van der Waals surface area contributed by atoms with Crippen molar-refractivity contribution >= 4 is 11.0 Å². The van der Waals surface area contributed by atoms with Crippen LogP contribution < -0.4 is 5.73 Å². The number of aryl methyl sites for hydroxylation is 1. The van der Waals surface area contributed by atoms with Gasteiger partial charge < -0.3 is 10.3 Å². The van der Waals surface area contributed by atoms with Gasteiger partial charge in [0.05, 0.1) is 17.1 Å². The molecule has 1 unspecified atom stereocenters. The number of benzene rings is 1. The van der Waals surface area contributed by atoms with Crippen molar-refractivity contribution in [1.82, 2.24) is 9.55 Å². The molecule has 1 atom stereocenters. The Morgan fingerprint density at radius 1 is 1.41 bits per heavy atom. The van der Waals surface area contributed by atoms with E-state index in [1.165, 1.54) is 12.1 Å². The third-order valence-electron chi connectivity index (χ3n) is 2.96. The van der Waals surface area contributed by atoms with Crippen LogP contribution in [0.25, 0.3) is 11.0 Å². The van der Waals surface area contributed by atoms with Gasteiger partial charge in [-0.2, -0.15) is 0 Å². The number of hydrogen-bond donors (Lipinski definition) is 1. The number of imidazole rings is 1. The lowest BCUT2D eigenvalue weighted by Crippen LogP contribution is -2.15. The highest BCUT2D eigenvalue weighted by Gasteiger charge is 2.15. The van der Waals surface area contributed by atoms with Crippen LogP contribution in [0.4, 0.5) is 4.39 Å². The molecule has 1 heterocycles. The van der Waals surface area contributed by atoms with Gasteiger partial charge in [0.15, 0.2) is 0 Å². The van der Waals surface area contributed by atoms with Gasteiger partial charge in [0.1, 0.15) is 11.6 Å². The summed E-state index contributed by atoms with van der Waals surface area (Å²) in [6.07, 6.45) is 1.84. The molecule has 0 spiro atoms. The molecular weight excluding hydrogens is 217 g/mol. The van der Waals surface area contributed by atoms with Crippen LogP contribution in [0.5, 0.6) is 0 Å². The smallest absolute Gasteiger partial charge is 0.126 e. The Hall–Kier alpha value is -1.42. The van der Waals surface area contributed by atoms with E-state index in [2.05, 4.69) is 16.5 Å². The van der Waals surface area contributed by atoms with Gasteiger partial charge in [0.2, 0.25) is 0 Å². The van der Waals surface area contributed by atoms with Gasteiger partial charge in [-0.1, -0.05) is 13.8 Å². The summed E-state index contributed by atoms with van der Waals surface area (Å²) < 4.78 is 15.3. The van der Waals surface area contributed by atoms with E-state index in [-0.39, 0.29) is 11.9 Å². The Morgan fingerprint density at radius 3 is 2.82 bits per heavy atom. The van der Waals surface area contributed by atoms with E-state index in [0.717, 1.165) is 30.7 Å². The fourth-order valence-corrected chi connectivity index (χ4v) is 2.05. The number of rotatable bonds is 4. The molecule has 2 rings (SSSR count). The molecule has 4 heteroatoms. The lowest BCUT2D eigenvalue weighted by Gasteiger charge is -2.12. The standard InChI is InChI=1S/C13H18FN3/c1-3-7-17-12-6-5-9(14)8-11(12)16-13(17)10(15)4-2/h5-6,8,10H,3-4,7,15H2,1-2H3. The zero-order chi connectivity index (χ0) is 12.4. The van der Waals surface area contributed by atoms with E-state index in [9.17, 15) is 4.39 Å². The van der Waals surface area contributed by atoms with E-state index in [1.54, 1.807) is 6.07 Å². The van der Waals surface area contributed by atoms with Crippen LogP contribution in [0.3, 0.4) is 0 Å². The van der Waals surface area contributed by atoms with Gasteiger partial charge in [-0.15, -0.1) is 0 Å². The van der Waals surface area contributed by atoms with Crippen LogP contribution in [0.1, 0.15) is 38.6 Å². The highest BCUT2D eigenvalue weighted by Crippen LogP contribution is 2.22. The third-order valence-corrected chi connectivity index (χ3v) is 2.96. The van der Waals surface area contributed by atoms with Crippen molar-refractivity contribution in [3.05, 3.63) is 29.8 Å². The summed E-state index contributed by atoms with van der Waals surface area (Å²) in [5, 5.41) is 0. The maximum absolute atomic E-state index is 13.2. The lowest BCUT2D eigenvalue weighted by atomic mass is 10.2. The number of nitrogens with two attached hydrogens (primary N) is 1. The van der Waals surface area contributed by atoms with Crippen LogP contribution in [-0.2, 0) is 6.54 Å². The van der Waals surface area contributed by atoms with Gasteiger partial charge in [-0.25, -0.2) is 9.37 Å². The molecule has 3 nitrogen and oxygen atoms in total. The minimum atomic E-state index is -0.254. The van der Waals surface area contributed by atoms with Crippen LogP contribution in [-0.4, -0.2) is 9.55 Å². The molecule has 2 N–H and O–H groups in total. The maximum Gasteiger partial charge on any atom is 0.126 e. The molecule has 0 saturated heterocycles. The largest absolute Gasteiger partial charge is 0.327 e. The van der Waals surface area contributed by atoms with E-state index in [4.69, 9.17) is 5.73 Å². The van der Waals surface area contributed by atoms with Crippen molar-refractivity contribution in [3.8, 4) is 0 Å². The van der Waals surface area contributed by atoms with E-state index >= 15 is 0 Å². The number of halogens is 1. The first-order valence-corrected chi connectivity index (χ1v) is 6.08. The monoisotopic (exact) mass is 235 g/mol. The molecular formula is C13H18FN3. The second-order valence-electron chi connectivity index (χ2n) is 4.27. The van der Waals surface area contributed by atoms with E-state index < -0.39 is 0 Å². The molecule has 0 aliphatic rings. The lowest BCUT2D eigenvalue weighted by molar-refractivity contribution is 0.576. The molecule has 1 aromatic heterocycles. The van der Waals surface area contributed by atoms with Crippen LogP contribution >= 0.6 is 0 Å². The molecule has 92 valence electrons. The Balaban J connectivity index is 2.61. The first-order valence-electron chi connectivity index (χ1n) is 6.08. The summed E-state index contributed by atoms with van der Waals surface area (Å²) in [5.74, 6) is 0.602. The number of nitrogens with zero attached hydrogens (tertiary/aromatic N) is 2. The highest BCUT2D eigenvalue weighted by atomic mass is 19.1. The molecule has 2 aromatic rings. The zero-order valence-corrected chi connectivity index (χ0v) is 10.3. The van der Waals surface area contributed by atoms with Crippen molar-refractivity contribution < 1.29 is 4.39 Å². The Morgan fingerprint density at radius 2 is 2.18 bits per heavy atom. The van der Waals surface area contributed by atoms with Crippen molar-refractivity contribution in [2.24, 2.45) is 5.73 Å². The van der Waals surface area contributed by atoms with Crippen molar-refractivity contribution in [1.29, 1.82) is 0 Å². The minimum Gasteiger partial charge on any atom is -0.327 e. The zero-order valence-electron chi connectivity index (χ0n) is 10.3. The van der Waals surface area contributed by atoms with Gasteiger partial charge in [-0.05, 0) is 25.0 Å². The van der Waals surface area contributed by atoms with Crippen LogP contribution in [0.2, 0.25) is 0 Å². The average Bonchev–Trinajstić information content (AvgIpc) is 2.67. The average molecular weight is 235 g/mol. The van der Waals surface area contributed by atoms with Crippen LogP contribution in [0, 0.1) is 5.82 Å². The minimum absolute atomic E-state index is 0.0861. The molecule has 0 aliphatic carbocycles. The summed E-state index contributed by atoms with van der Waals surface area (Å²) in [6, 6.07) is 4.63. The number of fused-ring (bicyclic) bond motifs is 1. The predicted octanol–water partition coefficient (Wildman–Crippen LogP) is 3.00. The molecule has 0 saturated carbocycles. The predicted molar refractivity (Wildman–Crippen MR) is 67.2 cm³/mol. The summed E-state index contributed by atoms with van der Waals surface area (Å²) in [7, 11) is 0. The summed E-state index contributed by atoms with van der Waals surface area (Å²) in [6.45, 7) is 5.00. The van der Waals surface area contributed by atoms with Gasteiger partial charge in [0, 0.05) is 12.6 Å².